The zero-order valence-electron chi connectivity index (χ0n) is 11.3. The van der Waals surface area contributed by atoms with Crippen molar-refractivity contribution in [3.8, 4) is 0 Å². The van der Waals surface area contributed by atoms with E-state index in [2.05, 4.69) is 4.90 Å². The van der Waals surface area contributed by atoms with Crippen LogP contribution in [-0.2, 0) is 9.53 Å². The average molecular weight is 283 g/mol. The molecule has 0 bridgehead atoms. The Kier molecular flexibility index (Phi) is 4.66. The fraction of sp³-hybridized carbons (Fsp3) is 0.500. The number of piperazine rings is 1. The third-order valence-electron chi connectivity index (χ3n) is 3.40. The lowest BCUT2D eigenvalue weighted by Gasteiger charge is -2.39. The molecular formula is C14H19ClN2O2. The Morgan fingerprint density at radius 1 is 1.42 bits per heavy atom. The number of benzene rings is 1. The fourth-order valence-electron chi connectivity index (χ4n) is 2.29. The average Bonchev–Trinajstić information content (AvgIpc) is 2.40. The molecule has 0 radical (unpaired) electrons. The Balaban J connectivity index is 2.13. The Labute approximate surface area is 118 Å². The largest absolute Gasteiger partial charge is 0.465 e. The van der Waals surface area contributed by atoms with Gasteiger partial charge in [0.2, 0.25) is 0 Å². The molecule has 1 heterocycles. The minimum absolute atomic E-state index is 0.165. The number of hydrogen-bond acceptors (Lipinski definition) is 4. The highest BCUT2D eigenvalue weighted by molar-refractivity contribution is 6.33. The second-order valence-corrected chi connectivity index (χ2v) is 5.05. The first-order valence-electron chi connectivity index (χ1n) is 6.49. The van der Waals surface area contributed by atoms with Crippen molar-refractivity contribution < 1.29 is 9.53 Å². The molecule has 1 aromatic rings. The molecule has 1 saturated heterocycles. The number of anilines is 1. The van der Waals surface area contributed by atoms with Crippen molar-refractivity contribution in [2.75, 3.05) is 38.2 Å². The number of halogens is 1. The maximum atomic E-state index is 11.9. The number of nitrogens with zero attached hydrogens (tertiary/aromatic N) is 2. The van der Waals surface area contributed by atoms with E-state index in [1.807, 2.05) is 43.1 Å². The Hall–Kier alpha value is -1.26. The summed E-state index contributed by atoms with van der Waals surface area (Å²) < 4.78 is 5.13. The number of ether oxygens (including phenoxy) is 1. The van der Waals surface area contributed by atoms with Gasteiger partial charge in [-0.3, -0.25) is 9.69 Å². The van der Waals surface area contributed by atoms with Crippen LogP contribution < -0.4 is 4.90 Å². The molecular weight excluding hydrogens is 264 g/mol. The van der Waals surface area contributed by atoms with Crippen LogP contribution in [0.2, 0.25) is 5.02 Å². The van der Waals surface area contributed by atoms with E-state index in [-0.39, 0.29) is 12.0 Å². The van der Waals surface area contributed by atoms with Crippen molar-refractivity contribution in [1.82, 2.24) is 4.90 Å². The van der Waals surface area contributed by atoms with Gasteiger partial charge in [-0.25, -0.2) is 0 Å². The molecule has 1 unspecified atom stereocenters. The monoisotopic (exact) mass is 282 g/mol. The second-order valence-electron chi connectivity index (χ2n) is 4.65. The third kappa shape index (κ3) is 3.19. The molecule has 0 N–H and O–H groups in total. The first kappa shape index (κ1) is 14.2. The number of esters is 1. The van der Waals surface area contributed by atoms with Crippen LogP contribution in [0.4, 0.5) is 5.69 Å². The second kappa shape index (κ2) is 6.26. The molecule has 0 aromatic heterocycles. The number of carbonyl (C=O) groups excluding carboxylic acids is 1. The van der Waals surface area contributed by atoms with Gasteiger partial charge in [0.15, 0.2) is 0 Å². The van der Waals surface area contributed by atoms with Crippen LogP contribution in [0.3, 0.4) is 0 Å². The molecule has 0 spiro atoms. The van der Waals surface area contributed by atoms with Crippen molar-refractivity contribution in [1.29, 1.82) is 0 Å². The normalized spacial score (nSPS) is 20.4. The van der Waals surface area contributed by atoms with Gasteiger partial charge in [-0.05, 0) is 26.1 Å². The van der Waals surface area contributed by atoms with Crippen molar-refractivity contribution in [2.24, 2.45) is 0 Å². The third-order valence-corrected chi connectivity index (χ3v) is 3.72. The summed E-state index contributed by atoms with van der Waals surface area (Å²) in [7, 11) is 1.95. The summed E-state index contributed by atoms with van der Waals surface area (Å²) in [4.78, 5) is 16.1. The summed E-state index contributed by atoms with van der Waals surface area (Å²) in [6.45, 7) is 4.52. The predicted octanol–water partition coefficient (Wildman–Crippen LogP) is 2.02. The van der Waals surface area contributed by atoms with Gasteiger partial charge in [-0.2, -0.15) is 0 Å². The van der Waals surface area contributed by atoms with Crippen LogP contribution in [0, 0.1) is 0 Å². The quantitative estimate of drug-likeness (QED) is 0.794. The lowest BCUT2D eigenvalue weighted by molar-refractivity contribution is -0.149. The summed E-state index contributed by atoms with van der Waals surface area (Å²) >= 11 is 6.21. The molecule has 5 heteroatoms. The summed E-state index contributed by atoms with van der Waals surface area (Å²) in [5.74, 6) is -0.165. The fourth-order valence-corrected chi connectivity index (χ4v) is 2.55. The number of carbonyl (C=O) groups is 1. The maximum absolute atomic E-state index is 11.9. The van der Waals surface area contributed by atoms with E-state index in [1.165, 1.54) is 0 Å². The molecule has 0 amide bonds. The highest BCUT2D eigenvalue weighted by atomic mass is 35.5. The molecule has 4 nitrogen and oxygen atoms in total. The molecule has 1 aromatic carbocycles. The van der Waals surface area contributed by atoms with Gasteiger partial charge < -0.3 is 9.64 Å². The van der Waals surface area contributed by atoms with Crippen LogP contribution >= 0.6 is 11.6 Å². The topological polar surface area (TPSA) is 32.8 Å². The summed E-state index contributed by atoms with van der Waals surface area (Å²) in [5.41, 5.74) is 0.978. The molecule has 0 saturated carbocycles. The van der Waals surface area contributed by atoms with E-state index in [9.17, 15) is 4.79 Å². The highest BCUT2D eigenvalue weighted by Gasteiger charge is 2.31. The minimum atomic E-state index is -0.232. The van der Waals surface area contributed by atoms with E-state index < -0.39 is 0 Å². The van der Waals surface area contributed by atoms with E-state index >= 15 is 0 Å². The van der Waals surface area contributed by atoms with Crippen LogP contribution in [-0.4, -0.2) is 50.2 Å². The molecule has 0 aliphatic carbocycles. The van der Waals surface area contributed by atoms with Gasteiger partial charge in [0.25, 0.3) is 0 Å². The molecule has 104 valence electrons. The minimum Gasteiger partial charge on any atom is -0.465 e. The maximum Gasteiger partial charge on any atom is 0.325 e. The number of rotatable bonds is 3. The SMILES string of the molecule is CCOC(=O)C1CN(c2ccccc2Cl)CCN1C. The van der Waals surface area contributed by atoms with E-state index in [0.717, 1.165) is 23.8 Å². The Morgan fingerprint density at radius 3 is 2.84 bits per heavy atom. The number of hydrogen-bond donors (Lipinski definition) is 0. The van der Waals surface area contributed by atoms with E-state index in [1.54, 1.807) is 0 Å². The van der Waals surface area contributed by atoms with Gasteiger partial charge in [-0.1, -0.05) is 23.7 Å². The first-order chi connectivity index (χ1) is 9.13. The van der Waals surface area contributed by atoms with Crippen LogP contribution in [0.5, 0.6) is 0 Å². The van der Waals surface area contributed by atoms with Crippen LogP contribution in [0.1, 0.15) is 6.92 Å². The Morgan fingerprint density at radius 2 is 2.16 bits per heavy atom. The molecule has 1 fully saturated rings. The number of likely N-dealkylation sites (N-methyl/N-ethyl adjacent to an activating group) is 1. The lowest BCUT2D eigenvalue weighted by atomic mass is 10.1. The molecule has 1 aliphatic rings. The van der Waals surface area contributed by atoms with Gasteiger partial charge >= 0.3 is 5.97 Å². The predicted molar refractivity (Wildman–Crippen MR) is 76.7 cm³/mol. The van der Waals surface area contributed by atoms with Crippen molar-refractivity contribution >= 4 is 23.3 Å². The first-order valence-corrected chi connectivity index (χ1v) is 6.87. The van der Waals surface area contributed by atoms with Crippen LogP contribution in [0.15, 0.2) is 24.3 Å². The molecule has 19 heavy (non-hydrogen) atoms. The molecule has 1 aliphatic heterocycles. The number of para-hydroxylation sites is 1. The van der Waals surface area contributed by atoms with Crippen LogP contribution in [0.25, 0.3) is 0 Å². The molecule has 2 rings (SSSR count). The highest BCUT2D eigenvalue weighted by Crippen LogP contribution is 2.27. The van der Waals surface area contributed by atoms with E-state index in [0.29, 0.717) is 13.2 Å². The zero-order valence-corrected chi connectivity index (χ0v) is 12.1. The summed E-state index contributed by atoms with van der Waals surface area (Å²) in [5, 5.41) is 0.717. The standard InChI is InChI=1S/C14H19ClN2O2/c1-3-19-14(18)13-10-17(9-8-16(13)2)12-7-5-4-6-11(12)15/h4-7,13H,3,8-10H2,1-2H3. The summed E-state index contributed by atoms with van der Waals surface area (Å²) in [6.07, 6.45) is 0. The van der Waals surface area contributed by atoms with Gasteiger partial charge in [0.1, 0.15) is 6.04 Å². The van der Waals surface area contributed by atoms with Gasteiger partial charge in [-0.15, -0.1) is 0 Å². The van der Waals surface area contributed by atoms with Crippen molar-refractivity contribution in [3.63, 3.8) is 0 Å². The van der Waals surface area contributed by atoms with Crippen molar-refractivity contribution in [3.05, 3.63) is 29.3 Å². The molecule has 1 atom stereocenters. The van der Waals surface area contributed by atoms with Gasteiger partial charge in [0, 0.05) is 19.6 Å². The lowest BCUT2D eigenvalue weighted by Crippen LogP contribution is -2.55. The zero-order chi connectivity index (χ0) is 13.8. The van der Waals surface area contributed by atoms with Gasteiger partial charge in [0.05, 0.1) is 17.3 Å². The van der Waals surface area contributed by atoms with E-state index in [4.69, 9.17) is 16.3 Å². The Bertz CT molecular complexity index is 453. The summed E-state index contributed by atoms with van der Waals surface area (Å²) in [6, 6.07) is 7.48. The van der Waals surface area contributed by atoms with Crippen molar-refractivity contribution in [2.45, 2.75) is 13.0 Å². The smallest absolute Gasteiger partial charge is 0.325 e.